The Morgan fingerprint density at radius 1 is 1.33 bits per heavy atom. The predicted molar refractivity (Wildman–Crippen MR) is 110 cm³/mol. The van der Waals surface area contributed by atoms with E-state index in [1.54, 1.807) is 0 Å². The summed E-state index contributed by atoms with van der Waals surface area (Å²) in [4.78, 5) is 17.2. The van der Waals surface area contributed by atoms with Crippen LogP contribution < -0.4 is 10.1 Å². The highest BCUT2D eigenvalue weighted by molar-refractivity contribution is 7.18. The lowest BCUT2D eigenvalue weighted by atomic mass is 9.95. The Labute approximate surface area is 167 Å². The summed E-state index contributed by atoms with van der Waals surface area (Å²) in [6.07, 6.45) is 1.51. The molecule has 0 amide bonds. The number of ether oxygens (including phenoxy) is 1. The highest BCUT2D eigenvalue weighted by Crippen LogP contribution is 2.38. The zero-order chi connectivity index (χ0) is 19.0. The van der Waals surface area contributed by atoms with Crippen LogP contribution in [0.4, 0.5) is 0 Å². The van der Waals surface area contributed by atoms with Crippen molar-refractivity contribution < 1.29 is 9.53 Å². The summed E-state index contributed by atoms with van der Waals surface area (Å²) in [6, 6.07) is 12.3. The van der Waals surface area contributed by atoms with Crippen molar-refractivity contribution in [2.75, 3.05) is 6.54 Å². The number of hydrogen-bond donors (Lipinski definition) is 1. The standard InChI is InChI=1S/C21H21ClN2O2S/c1-12(2)23-9-8-13-6-7-14-11-15(21(25)26-17(14)10-13)20-24-19-16(22)4-3-5-18(19)27-20/h3-7,10,12,15,23H,8-9,11H2,1-2H3. The van der Waals surface area contributed by atoms with Gasteiger partial charge >= 0.3 is 5.97 Å². The van der Waals surface area contributed by atoms with Crippen LogP contribution in [0.15, 0.2) is 36.4 Å². The van der Waals surface area contributed by atoms with Gasteiger partial charge in [-0.05, 0) is 48.7 Å². The SMILES string of the molecule is CC(C)NCCc1ccc2c(c1)OC(=O)C(c1nc3c(Cl)cccc3s1)C2. The van der Waals surface area contributed by atoms with Crippen molar-refractivity contribution >= 4 is 39.1 Å². The molecule has 4 rings (SSSR count). The molecule has 1 aliphatic heterocycles. The molecule has 4 nitrogen and oxygen atoms in total. The average molecular weight is 401 g/mol. The van der Waals surface area contributed by atoms with Crippen LogP contribution >= 0.6 is 22.9 Å². The molecular formula is C21H21ClN2O2S. The molecule has 0 spiro atoms. The fraction of sp³-hybridized carbons (Fsp3) is 0.333. The van der Waals surface area contributed by atoms with Gasteiger partial charge in [0.25, 0.3) is 0 Å². The largest absolute Gasteiger partial charge is 0.426 e. The average Bonchev–Trinajstić information content (AvgIpc) is 3.06. The topological polar surface area (TPSA) is 51.2 Å². The van der Waals surface area contributed by atoms with Crippen LogP contribution in [0.5, 0.6) is 5.75 Å². The van der Waals surface area contributed by atoms with Gasteiger partial charge in [-0.25, -0.2) is 4.98 Å². The smallest absolute Gasteiger partial charge is 0.321 e. The van der Waals surface area contributed by atoms with Crippen LogP contribution in [0.3, 0.4) is 0 Å². The number of fused-ring (bicyclic) bond motifs is 2. The fourth-order valence-electron chi connectivity index (χ4n) is 3.28. The summed E-state index contributed by atoms with van der Waals surface area (Å²) in [5, 5.41) is 4.78. The third kappa shape index (κ3) is 3.86. The first-order valence-corrected chi connectivity index (χ1v) is 10.3. The first-order chi connectivity index (χ1) is 13.0. The summed E-state index contributed by atoms with van der Waals surface area (Å²) in [6.45, 7) is 5.16. The van der Waals surface area contributed by atoms with Gasteiger partial charge < -0.3 is 10.1 Å². The van der Waals surface area contributed by atoms with Crippen molar-refractivity contribution in [3.63, 3.8) is 0 Å². The van der Waals surface area contributed by atoms with Gasteiger partial charge in [-0.15, -0.1) is 11.3 Å². The summed E-state index contributed by atoms with van der Waals surface area (Å²) in [5.74, 6) is 0.0620. The molecular weight excluding hydrogens is 380 g/mol. The molecule has 140 valence electrons. The van der Waals surface area contributed by atoms with Crippen molar-refractivity contribution in [3.05, 3.63) is 57.6 Å². The number of benzene rings is 2. The van der Waals surface area contributed by atoms with E-state index in [9.17, 15) is 4.79 Å². The molecule has 0 radical (unpaired) electrons. The van der Waals surface area contributed by atoms with E-state index in [1.807, 2.05) is 24.3 Å². The number of hydrogen-bond acceptors (Lipinski definition) is 5. The number of para-hydroxylation sites is 1. The van der Waals surface area contributed by atoms with Crippen LogP contribution in [0.25, 0.3) is 10.2 Å². The molecule has 1 atom stereocenters. The Balaban J connectivity index is 1.55. The van der Waals surface area contributed by atoms with Crippen LogP contribution in [0, 0.1) is 0 Å². The number of nitrogens with one attached hydrogen (secondary N) is 1. The highest BCUT2D eigenvalue weighted by Gasteiger charge is 2.32. The lowest BCUT2D eigenvalue weighted by molar-refractivity contribution is -0.137. The van der Waals surface area contributed by atoms with Gasteiger partial charge in [-0.1, -0.05) is 43.6 Å². The summed E-state index contributed by atoms with van der Waals surface area (Å²) >= 11 is 7.74. The maximum absolute atomic E-state index is 12.6. The van der Waals surface area contributed by atoms with E-state index in [4.69, 9.17) is 16.3 Å². The van der Waals surface area contributed by atoms with Crippen LogP contribution in [0.1, 0.15) is 35.9 Å². The number of halogens is 1. The van der Waals surface area contributed by atoms with Gasteiger partial charge in [-0.2, -0.15) is 0 Å². The van der Waals surface area contributed by atoms with Crippen LogP contribution in [-0.2, 0) is 17.6 Å². The molecule has 1 aromatic heterocycles. The summed E-state index contributed by atoms with van der Waals surface area (Å²) in [7, 11) is 0. The number of aromatic nitrogens is 1. The van der Waals surface area contributed by atoms with E-state index >= 15 is 0 Å². The minimum Gasteiger partial charge on any atom is -0.426 e. The maximum Gasteiger partial charge on any atom is 0.321 e. The Hall–Kier alpha value is -1.95. The molecule has 0 bridgehead atoms. The van der Waals surface area contributed by atoms with Crippen molar-refractivity contribution in [1.82, 2.24) is 10.3 Å². The molecule has 27 heavy (non-hydrogen) atoms. The molecule has 1 aliphatic rings. The van der Waals surface area contributed by atoms with Crippen LogP contribution in [-0.4, -0.2) is 23.5 Å². The second-order valence-corrected chi connectivity index (χ2v) is 8.59. The lowest BCUT2D eigenvalue weighted by Crippen LogP contribution is -2.26. The van der Waals surface area contributed by atoms with Gasteiger partial charge in [0.15, 0.2) is 0 Å². The number of carbonyl (C=O) groups is 1. The summed E-state index contributed by atoms with van der Waals surface area (Å²) in [5.41, 5.74) is 2.97. The molecule has 0 saturated carbocycles. The monoisotopic (exact) mass is 400 g/mol. The molecule has 0 aliphatic carbocycles. The number of nitrogens with zero attached hydrogens (tertiary/aromatic N) is 1. The van der Waals surface area contributed by atoms with Crippen molar-refractivity contribution in [2.45, 2.75) is 38.6 Å². The Kier molecular flexibility index (Phi) is 5.17. The Morgan fingerprint density at radius 2 is 2.19 bits per heavy atom. The lowest BCUT2D eigenvalue weighted by Gasteiger charge is -2.22. The van der Waals surface area contributed by atoms with E-state index in [2.05, 4.69) is 36.3 Å². The van der Waals surface area contributed by atoms with E-state index in [0.717, 1.165) is 33.8 Å². The van der Waals surface area contributed by atoms with Gasteiger partial charge in [0.1, 0.15) is 22.2 Å². The minimum absolute atomic E-state index is 0.241. The molecule has 0 saturated heterocycles. The fourth-order valence-corrected chi connectivity index (χ4v) is 4.63. The number of thiazole rings is 1. The van der Waals surface area contributed by atoms with Crippen molar-refractivity contribution in [3.8, 4) is 5.75 Å². The Morgan fingerprint density at radius 3 is 2.96 bits per heavy atom. The number of rotatable bonds is 5. The molecule has 0 fully saturated rings. The quantitative estimate of drug-likeness (QED) is 0.496. The van der Waals surface area contributed by atoms with Crippen molar-refractivity contribution in [1.29, 1.82) is 0 Å². The first-order valence-electron chi connectivity index (χ1n) is 9.13. The Bertz CT molecular complexity index is 999. The number of esters is 1. The van der Waals surface area contributed by atoms with E-state index < -0.39 is 0 Å². The molecule has 2 aromatic carbocycles. The zero-order valence-corrected chi connectivity index (χ0v) is 16.9. The van der Waals surface area contributed by atoms with Crippen molar-refractivity contribution in [2.24, 2.45) is 0 Å². The molecule has 6 heteroatoms. The zero-order valence-electron chi connectivity index (χ0n) is 15.3. The maximum atomic E-state index is 12.6. The van der Waals surface area contributed by atoms with Gasteiger partial charge in [0.05, 0.1) is 9.72 Å². The van der Waals surface area contributed by atoms with Crippen LogP contribution in [0.2, 0.25) is 5.02 Å². The second kappa shape index (κ2) is 7.58. The first kappa shape index (κ1) is 18.4. The van der Waals surface area contributed by atoms with Gasteiger partial charge in [0.2, 0.25) is 0 Å². The molecule has 3 aromatic rings. The predicted octanol–water partition coefficient (Wildman–Crippen LogP) is 4.74. The van der Waals surface area contributed by atoms with E-state index in [-0.39, 0.29) is 11.9 Å². The van der Waals surface area contributed by atoms with E-state index in [1.165, 1.54) is 16.9 Å². The molecule has 1 N–H and O–H groups in total. The molecule has 1 unspecified atom stereocenters. The van der Waals surface area contributed by atoms with Gasteiger partial charge in [0, 0.05) is 6.04 Å². The third-order valence-electron chi connectivity index (χ3n) is 4.70. The minimum atomic E-state index is -0.376. The normalized spacial score (nSPS) is 16.6. The van der Waals surface area contributed by atoms with E-state index in [0.29, 0.717) is 23.2 Å². The highest BCUT2D eigenvalue weighted by atomic mass is 35.5. The third-order valence-corrected chi connectivity index (χ3v) is 6.14. The molecule has 2 heterocycles. The van der Waals surface area contributed by atoms with Gasteiger partial charge in [-0.3, -0.25) is 4.79 Å². The summed E-state index contributed by atoms with van der Waals surface area (Å²) < 4.78 is 6.66. The second-order valence-electron chi connectivity index (χ2n) is 7.12. The number of carbonyl (C=O) groups excluding carboxylic acids is 1.